The van der Waals surface area contributed by atoms with Crippen molar-refractivity contribution in [3.8, 4) is 5.88 Å². The zero-order chi connectivity index (χ0) is 26.4. The van der Waals surface area contributed by atoms with Crippen LogP contribution in [-0.4, -0.2) is 51.9 Å². The molecule has 10 nitrogen and oxygen atoms in total. The maximum atomic E-state index is 13.8. The predicted octanol–water partition coefficient (Wildman–Crippen LogP) is 2.94. The smallest absolute Gasteiger partial charge is 0.270 e. The Labute approximate surface area is 213 Å². The minimum Gasteiger partial charge on any atom is -0.481 e. The Bertz CT molecular complexity index is 1150. The molecule has 0 aromatic carbocycles. The van der Waals surface area contributed by atoms with E-state index in [0.717, 1.165) is 24.6 Å². The Kier molecular flexibility index (Phi) is 8.14. The molecule has 12 heteroatoms. The third-order valence-corrected chi connectivity index (χ3v) is 6.61. The Morgan fingerprint density at radius 1 is 1.24 bits per heavy atom. The first-order valence-corrected chi connectivity index (χ1v) is 12.3. The van der Waals surface area contributed by atoms with E-state index in [-0.39, 0.29) is 37.4 Å². The first-order chi connectivity index (χ1) is 17.8. The second-order valence-corrected chi connectivity index (χ2v) is 9.32. The molecule has 2 saturated carbocycles. The lowest BCUT2D eigenvalue weighted by Crippen LogP contribution is -2.52. The molecule has 0 aliphatic heterocycles. The summed E-state index contributed by atoms with van der Waals surface area (Å²) in [4.78, 5) is 30.5. The van der Waals surface area contributed by atoms with E-state index in [1.807, 2.05) is 6.07 Å². The van der Waals surface area contributed by atoms with Crippen LogP contribution in [0.25, 0.3) is 0 Å². The van der Waals surface area contributed by atoms with Gasteiger partial charge in [-0.25, -0.2) is 13.8 Å². The summed E-state index contributed by atoms with van der Waals surface area (Å²) < 4.78 is 34.5. The first-order valence-electron chi connectivity index (χ1n) is 12.3. The molecule has 2 aromatic heterocycles. The summed E-state index contributed by atoms with van der Waals surface area (Å²) in [5.74, 6) is -3.85. The maximum Gasteiger partial charge on any atom is 0.270 e. The van der Waals surface area contributed by atoms with Crippen LogP contribution in [0.15, 0.2) is 42.5 Å². The molecule has 2 aliphatic rings. The molecular weight excluding hydrogens is 484 g/mol. The fourth-order valence-corrected chi connectivity index (χ4v) is 4.46. The van der Waals surface area contributed by atoms with Gasteiger partial charge in [0.05, 0.1) is 18.8 Å². The molecule has 0 spiro atoms. The minimum absolute atomic E-state index is 0.0932. The molecule has 0 radical (unpaired) electrons. The second-order valence-electron chi connectivity index (χ2n) is 9.32. The van der Waals surface area contributed by atoms with Gasteiger partial charge in [0.2, 0.25) is 17.7 Å². The van der Waals surface area contributed by atoms with Gasteiger partial charge in [0.15, 0.2) is 0 Å². The highest BCUT2D eigenvalue weighted by Gasteiger charge is 2.41. The predicted molar refractivity (Wildman–Crippen MR) is 131 cm³/mol. The third-order valence-electron chi connectivity index (χ3n) is 6.61. The number of halogens is 2. The first kappa shape index (κ1) is 26.2. The van der Waals surface area contributed by atoms with Gasteiger partial charge in [0.1, 0.15) is 11.7 Å². The van der Waals surface area contributed by atoms with Crippen LogP contribution in [0.4, 0.5) is 8.78 Å². The topological polar surface area (TPSA) is 134 Å². The highest BCUT2D eigenvalue weighted by molar-refractivity contribution is 5.97. The number of amides is 2. The number of aromatic nitrogens is 3. The SMILES string of the molecule is COc1ncccc1CN/C=C(\C=N)NC(=O)C(NC(=O)c1ccnn1C1CC1)C1CCC(F)(F)CC1. The van der Waals surface area contributed by atoms with Crippen LogP contribution >= 0.6 is 0 Å². The zero-order valence-corrected chi connectivity index (χ0v) is 20.5. The summed E-state index contributed by atoms with van der Waals surface area (Å²) in [6.07, 6.45) is 6.89. The number of carbonyl (C=O) groups excluding carboxylic acids is 2. The number of allylic oxidation sites excluding steroid dienone is 1. The quantitative estimate of drug-likeness (QED) is 0.340. The van der Waals surface area contributed by atoms with Crippen LogP contribution < -0.4 is 20.7 Å². The highest BCUT2D eigenvalue weighted by atomic mass is 19.3. The van der Waals surface area contributed by atoms with Crippen molar-refractivity contribution in [2.45, 2.75) is 63.1 Å². The van der Waals surface area contributed by atoms with Crippen molar-refractivity contribution in [1.29, 1.82) is 5.41 Å². The Morgan fingerprint density at radius 2 is 2.00 bits per heavy atom. The molecule has 198 valence electrons. The number of methoxy groups -OCH3 is 1. The van der Waals surface area contributed by atoms with E-state index in [0.29, 0.717) is 18.1 Å². The van der Waals surface area contributed by atoms with Crippen molar-refractivity contribution in [2.24, 2.45) is 5.92 Å². The van der Waals surface area contributed by atoms with E-state index in [2.05, 4.69) is 26.0 Å². The summed E-state index contributed by atoms with van der Waals surface area (Å²) in [7, 11) is 1.51. The average molecular weight is 516 g/mol. The molecule has 2 heterocycles. The highest BCUT2D eigenvalue weighted by Crippen LogP contribution is 2.38. The summed E-state index contributed by atoms with van der Waals surface area (Å²) >= 11 is 0. The number of ether oxygens (including phenoxy) is 1. The van der Waals surface area contributed by atoms with Crippen LogP contribution in [0.1, 0.15) is 60.6 Å². The summed E-state index contributed by atoms with van der Waals surface area (Å²) in [5.41, 5.74) is 1.25. The molecule has 2 aromatic rings. The van der Waals surface area contributed by atoms with Gasteiger partial charge in [0.25, 0.3) is 5.91 Å². The van der Waals surface area contributed by atoms with Crippen LogP contribution in [-0.2, 0) is 11.3 Å². The normalized spacial score (nSPS) is 18.5. The fraction of sp³-hybridized carbons (Fsp3) is 0.480. The summed E-state index contributed by atoms with van der Waals surface area (Å²) in [6, 6.07) is 4.28. The van der Waals surface area contributed by atoms with Crippen LogP contribution in [0.2, 0.25) is 0 Å². The molecule has 4 N–H and O–H groups in total. The molecule has 1 unspecified atom stereocenters. The van der Waals surface area contributed by atoms with E-state index in [1.54, 1.807) is 23.0 Å². The Morgan fingerprint density at radius 3 is 2.68 bits per heavy atom. The number of nitrogens with zero attached hydrogens (tertiary/aromatic N) is 3. The standard InChI is InChI=1S/C25H31F2N7O3/c1-37-24-17(3-2-11-30-24)14-29-15-18(13-28)32-23(36)21(16-6-9-25(26,27)10-7-16)33-22(35)20-8-12-31-34(20)19-4-5-19/h2-3,8,11-13,15-16,19,21,28-29H,4-7,9-10,14H2,1H3,(H,32,36)(H,33,35)/b18-15+,28-13?. The number of hydrogen-bond acceptors (Lipinski definition) is 7. The van der Waals surface area contributed by atoms with Gasteiger partial charge in [-0.1, -0.05) is 6.07 Å². The van der Waals surface area contributed by atoms with Gasteiger partial charge in [0, 0.05) is 49.8 Å². The van der Waals surface area contributed by atoms with Gasteiger partial charge < -0.3 is 26.1 Å². The number of rotatable bonds is 11. The van der Waals surface area contributed by atoms with E-state index >= 15 is 0 Å². The van der Waals surface area contributed by atoms with Gasteiger partial charge >= 0.3 is 0 Å². The lowest BCUT2D eigenvalue weighted by molar-refractivity contribution is -0.125. The van der Waals surface area contributed by atoms with Crippen molar-refractivity contribution < 1.29 is 23.1 Å². The molecule has 2 amide bonds. The average Bonchev–Trinajstić information content (AvgIpc) is 3.62. The molecule has 0 saturated heterocycles. The van der Waals surface area contributed by atoms with E-state index < -0.39 is 29.7 Å². The van der Waals surface area contributed by atoms with Crippen LogP contribution in [0.3, 0.4) is 0 Å². The van der Waals surface area contributed by atoms with Gasteiger partial charge in [-0.05, 0) is 43.7 Å². The van der Waals surface area contributed by atoms with Gasteiger partial charge in [-0.3, -0.25) is 14.3 Å². The molecule has 1 atom stereocenters. The number of alkyl halides is 2. The van der Waals surface area contributed by atoms with E-state index in [4.69, 9.17) is 10.1 Å². The van der Waals surface area contributed by atoms with Crippen molar-refractivity contribution in [2.75, 3.05) is 7.11 Å². The van der Waals surface area contributed by atoms with Gasteiger partial charge in [-0.2, -0.15) is 5.10 Å². The Hall–Kier alpha value is -3.83. The van der Waals surface area contributed by atoms with Crippen molar-refractivity contribution in [3.05, 3.63) is 53.7 Å². The van der Waals surface area contributed by atoms with Crippen molar-refractivity contribution in [1.82, 2.24) is 30.7 Å². The Balaban J connectivity index is 1.45. The monoisotopic (exact) mass is 515 g/mol. The lowest BCUT2D eigenvalue weighted by atomic mass is 9.81. The van der Waals surface area contributed by atoms with Crippen molar-refractivity contribution >= 4 is 18.0 Å². The fourth-order valence-electron chi connectivity index (χ4n) is 4.46. The molecule has 37 heavy (non-hydrogen) atoms. The van der Waals surface area contributed by atoms with Gasteiger partial charge in [-0.15, -0.1) is 0 Å². The molecule has 0 bridgehead atoms. The largest absolute Gasteiger partial charge is 0.481 e. The van der Waals surface area contributed by atoms with Crippen LogP contribution in [0.5, 0.6) is 5.88 Å². The second kappa shape index (κ2) is 11.5. The number of carbonyl (C=O) groups is 2. The molecule has 4 rings (SSSR count). The number of hydrogen-bond donors (Lipinski definition) is 4. The summed E-state index contributed by atoms with van der Waals surface area (Å²) in [5, 5.41) is 20.3. The zero-order valence-electron chi connectivity index (χ0n) is 20.5. The molecular formula is C25H31F2N7O3. The van der Waals surface area contributed by atoms with E-state index in [9.17, 15) is 18.4 Å². The third kappa shape index (κ3) is 6.69. The lowest BCUT2D eigenvalue weighted by Gasteiger charge is -2.33. The van der Waals surface area contributed by atoms with Crippen LogP contribution in [0, 0.1) is 11.3 Å². The van der Waals surface area contributed by atoms with E-state index in [1.165, 1.54) is 19.5 Å². The van der Waals surface area contributed by atoms with Crippen molar-refractivity contribution in [3.63, 3.8) is 0 Å². The molecule has 2 fully saturated rings. The minimum atomic E-state index is -2.77. The molecule has 2 aliphatic carbocycles. The summed E-state index contributed by atoms with van der Waals surface area (Å²) in [6.45, 7) is 0.327. The number of nitrogens with one attached hydrogen (secondary N) is 4. The maximum absolute atomic E-state index is 13.8. The number of pyridine rings is 1.